The Morgan fingerprint density at radius 3 is 2.53 bits per heavy atom. The van der Waals surface area contributed by atoms with Gasteiger partial charge in [-0.2, -0.15) is 0 Å². The number of carbonyl (C=O) groups excluding carboxylic acids is 2. The van der Waals surface area contributed by atoms with Crippen molar-refractivity contribution in [1.82, 2.24) is 5.16 Å². The molecule has 0 saturated carbocycles. The lowest BCUT2D eigenvalue weighted by molar-refractivity contribution is -0.155. The summed E-state index contributed by atoms with van der Waals surface area (Å²) in [6.07, 6.45) is -0.161. The van der Waals surface area contributed by atoms with E-state index in [1.807, 2.05) is 51.1 Å². The highest BCUT2D eigenvalue weighted by Crippen LogP contribution is 2.27. The van der Waals surface area contributed by atoms with Crippen LogP contribution in [0, 0.1) is 0 Å². The summed E-state index contributed by atoms with van der Waals surface area (Å²) < 4.78 is 15.6. The maximum atomic E-state index is 12.8. The van der Waals surface area contributed by atoms with E-state index in [1.165, 1.54) is 7.11 Å². The lowest BCUT2D eigenvalue weighted by Crippen LogP contribution is -2.38. The molecule has 0 radical (unpaired) electrons. The van der Waals surface area contributed by atoms with E-state index in [-0.39, 0.29) is 5.97 Å². The Kier molecular flexibility index (Phi) is 6.25. The number of amides is 1. The monoisotopic (exact) mass is 411 g/mol. The van der Waals surface area contributed by atoms with Crippen molar-refractivity contribution in [1.29, 1.82) is 0 Å². The van der Waals surface area contributed by atoms with E-state index in [4.69, 9.17) is 9.26 Å². The lowest BCUT2D eigenvalue weighted by Gasteiger charge is -2.24. The van der Waals surface area contributed by atoms with Crippen molar-refractivity contribution in [3.8, 4) is 0 Å². The SMILES string of the molecule is COC(=O)Nc1ccc2c(NC(Cc3ccccc3)C(=O)OC(C)(C)C)noc2c1. The van der Waals surface area contributed by atoms with Crippen molar-refractivity contribution in [2.45, 2.75) is 38.8 Å². The zero-order valence-corrected chi connectivity index (χ0v) is 17.4. The Balaban J connectivity index is 1.84. The van der Waals surface area contributed by atoms with Crippen molar-refractivity contribution < 1.29 is 23.6 Å². The number of esters is 1. The quantitative estimate of drug-likeness (QED) is 0.581. The Morgan fingerprint density at radius 2 is 1.87 bits per heavy atom. The van der Waals surface area contributed by atoms with Gasteiger partial charge in [-0.15, -0.1) is 0 Å². The summed E-state index contributed by atoms with van der Waals surface area (Å²) in [5.74, 6) is 0.0351. The molecule has 0 saturated heterocycles. The van der Waals surface area contributed by atoms with E-state index in [9.17, 15) is 9.59 Å². The van der Waals surface area contributed by atoms with Crippen molar-refractivity contribution in [3.63, 3.8) is 0 Å². The molecule has 0 aliphatic carbocycles. The van der Waals surface area contributed by atoms with Gasteiger partial charge in [0.15, 0.2) is 11.4 Å². The van der Waals surface area contributed by atoms with Gasteiger partial charge >= 0.3 is 12.1 Å². The molecule has 1 unspecified atom stereocenters. The van der Waals surface area contributed by atoms with Gasteiger partial charge in [0.1, 0.15) is 11.6 Å². The molecule has 0 spiro atoms. The predicted octanol–water partition coefficient (Wildman–Crippen LogP) is 4.37. The first-order chi connectivity index (χ1) is 14.2. The molecular formula is C22H25N3O5. The van der Waals surface area contributed by atoms with Crippen LogP contribution < -0.4 is 10.6 Å². The number of nitrogens with one attached hydrogen (secondary N) is 2. The number of nitrogens with zero attached hydrogens (tertiary/aromatic N) is 1. The first kappa shape index (κ1) is 21.2. The number of fused-ring (bicyclic) bond motifs is 1. The number of hydrogen-bond acceptors (Lipinski definition) is 7. The average molecular weight is 411 g/mol. The third kappa shape index (κ3) is 5.50. The third-order valence-electron chi connectivity index (χ3n) is 4.19. The second kappa shape index (κ2) is 8.86. The maximum absolute atomic E-state index is 12.8. The Morgan fingerprint density at radius 1 is 1.13 bits per heavy atom. The van der Waals surface area contributed by atoms with Gasteiger partial charge < -0.3 is 19.3 Å². The second-order valence-electron chi connectivity index (χ2n) is 7.78. The second-order valence-corrected chi connectivity index (χ2v) is 7.78. The summed E-state index contributed by atoms with van der Waals surface area (Å²) in [5, 5.41) is 10.5. The summed E-state index contributed by atoms with van der Waals surface area (Å²) in [6, 6.07) is 14.1. The number of rotatable bonds is 6. The molecule has 30 heavy (non-hydrogen) atoms. The number of hydrogen-bond donors (Lipinski definition) is 2. The molecule has 1 heterocycles. The topological polar surface area (TPSA) is 103 Å². The van der Waals surface area contributed by atoms with Crippen LogP contribution in [-0.4, -0.2) is 36.0 Å². The molecular weight excluding hydrogens is 386 g/mol. The number of benzene rings is 2. The van der Waals surface area contributed by atoms with Crippen molar-refractivity contribution in [2.75, 3.05) is 17.7 Å². The van der Waals surface area contributed by atoms with Gasteiger partial charge in [-0.05, 0) is 38.5 Å². The molecule has 8 nitrogen and oxygen atoms in total. The number of anilines is 2. The van der Waals surface area contributed by atoms with E-state index in [0.29, 0.717) is 28.9 Å². The zero-order valence-electron chi connectivity index (χ0n) is 17.4. The highest BCUT2D eigenvalue weighted by atomic mass is 16.6. The molecule has 0 aliphatic heterocycles. The molecule has 3 aromatic rings. The van der Waals surface area contributed by atoms with Crippen molar-refractivity contribution in [2.24, 2.45) is 0 Å². The summed E-state index contributed by atoms with van der Waals surface area (Å²) in [7, 11) is 1.29. The van der Waals surface area contributed by atoms with Gasteiger partial charge in [0.05, 0.1) is 12.5 Å². The number of methoxy groups -OCH3 is 1. The van der Waals surface area contributed by atoms with Gasteiger partial charge in [0, 0.05) is 18.2 Å². The molecule has 2 aromatic carbocycles. The Hall–Kier alpha value is -3.55. The molecule has 2 N–H and O–H groups in total. The summed E-state index contributed by atoms with van der Waals surface area (Å²) in [5.41, 5.74) is 1.32. The summed E-state index contributed by atoms with van der Waals surface area (Å²) in [4.78, 5) is 24.2. The minimum atomic E-state index is -0.659. The Labute approximate surface area is 174 Å². The van der Waals surface area contributed by atoms with Crippen LogP contribution in [0.4, 0.5) is 16.3 Å². The van der Waals surface area contributed by atoms with Crippen LogP contribution in [-0.2, 0) is 20.7 Å². The van der Waals surface area contributed by atoms with Crippen LogP contribution in [0.25, 0.3) is 11.0 Å². The van der Waals surface area contributed by atoms with Gasteiger partial charge in [0.25, 0.3) is 0 Å². The largest absolute Gasteiger partial charge is 0.458 e. The minimum absolute atomic E-state index is 0.383. The van der Waals surface area contributed by atoms with Crippen molar-refractivity contribution >= 4 is 34.5 Å². The van der Waals surface area contributed by atoms with Crippen LogP contribution in [0.1, 0.15) is 26.3 Å². The van der Waals surface area contributed by atoms with Crippen molar-refractivity contribution in [3.05, 3.63) is 54.1 Å². The number of aromatic nitrogens is 1. The molecule has 158 valence electrons. The highest BCUT2D eigenvalue weighted by Gasteiger charge is 2.27. The van der Waals surface area contributed by atoms with Crippen LogP contribution >= 0.6 is 0 Å². The normalized spacial score (nSPS) is 12.3. The molecule has 0 fully saturated rings. The fraction of sp³-hybridized carbons (Fsp3) is 0.318. The van der Waals surface area contributed by atoms with Crippen LogP contribution in [0.3, 0.4) is 0 Å². The zero-order chi connectivity index (χ0) is 21.7. The first-order valence-electron chi connectivity index (χ1n) is 9.53. The molecule has 1 atom stereocenters. The predicted molar refractivity (Wildman–Crippen MR) is 113 cm³/mol. The van der Waals surface area contributed by atoms with Gasteiger partial charge in [-0.3, -0.25) is 5.32 Å². The number of carbonyl (C=O) groups is 2. The maximum Gasteiger partial charge on any atom is 0.411 e. The highest BCUT2D eigenvalue weighted by molar-refractivity contribution is 5.94. The van der Waals surface area contributed by atoms with Crippen LogP contribution in [0.15, 0.2) is 53.1 Å². The minimum Gasteiger partial charge on any atom is -0.458 e. The van der Waals surface area contributed by atoms with E-state index in [0.717, 1.165) is 5.56 Å². The molecule has 8 heteroatoms. The average Bonchev–Trinajstić information content (AvgIpc) is 3.09. The van der Waals surface area contributed by atoms with Crippen LogP contribution in [0.5, 0.6) is 0 Å². The molecule has 1 amide bonds. The number of ether oxygens (including phenoxy) is 2. The van der Waals surface area contributed by atoms with E-state index < -0.39 is 17.7 Å². The lowest BCUT2D eigenvalue weighted by atomic mass is 10.1. The third-order valence-corrected chi connectivity index (χ3v) is 4.19. The van der Waals surface area contributed by atoms with Gasteiger partial charge in [0.2, 0.25) is 0 Å². The fourth-order valence-electron chi connectivity index (χ4n) is 2.87. The van der Waals surface area contributed by atoms with E-state index in [1.54, 1.807) is 18.2 Å². The van der Waals surface area contributed by atoms with Gasteiger partial charge in [-0.1, -0.05) is 35.5 Å². The van der Waals surface area contributed by atoms with E-state index in [2.05, 4.69) is 20.5 Å². The van der Waals surface area contributed by atoms with Crippen LogP contribution in [0.2, 0.25) is 0 Å². The summed E-state index contributed by atoms with van der Waals surface area (Å²) in [6.45, 7) is 5.48. The Bertz CT molecular complexity index is 1020. The smallest absolute Gasteiger partial charge is 0.411 e. The molecule has 3 rings (SSSR count). The van der Waals surface area contributed by atoms with Gasteiger partial charge in [-0.25, -0.2) is 9.59 Å². The molecule has 1 aromatic heterocycles. The standard InChI is InChI=1S/C22H25N3O5/c1-22(2,3)29-20(26)17(12-14-8-6-5-7-9-14)24-19-16-11-10-15(23-21(27)28-4)13-18(16)30-25-19/h5-11,13,17H,12H2,1-4H3,(H,23,27)(H,24,25). The fourth-order valence-corrected chi connectivity index (χ4v) is 2.87. The molecule has 0 aliphatic rings. The first-order valence-corrected chi connectivity index (χ1v) is 9.53. The summed E-state index contributed by atoms with van der Waals surface area (Å²) >= 11 is 0. The van der Waals surface area contributed by atoms with E-state index >= 15 is 0 Å². The molecule has 0 bridgehead atoms.